The maximum absolute atomic E-state index is 9.37. The van der Waals surface area contributed by atoms with Crippen molar-refractivity contribution in [1.82, 2.24) is 0 Å². The molecule has 0 saturated heterocycles. The Morgan fingerprint density at radius 3 is 3.00 bits per heavy atom. The summed E-state index contributed by atoms with van der Waals surface area (Å²) in [5.74, 6) is -0.104. The number of hydrogen-bond donors (Lipinski definition) is 0. The molecule has 0 N–H and O–H groups in total. The van der Waals surface area contributed by atoms with Gasteiger partial charge in [-0.3, -0.25) is 0 Å². The van der Waals surface area contributed by atoms with E-state index in [4.69, 9.17) is 0 Å². The second kappa shape index (κ2) is 4.74. The molecule has 0 spiro atoms. The highest BCUT2D eigenvalue weighted by molar-refractivity contribution is 5.96. The van der Waals surface area contributed by atoms with Crippen molar-refractivity contribution < 1.29 is 0 Å². The average Bonchev–Trinajstić information content (AvgIpc) is 2.46. The van der Waals surface area contributed by atoms with Crippen molar-refractivity contribution in [2.75, 3.05) is 0 Å². The normalized spacial score (nSPS) is 14.1. The van der Waals surface area contributed by atoms with Crippen LogP contribution in [0.4, 0.5) is 0 Å². The van der Waals surface area contributed by atoms with Crippen molar-refractivity contribution >= 4 is 16.8 Å². The van der Waals surface area contributed by atoms with Crippen LogP contribution in [0.2, 0.25) is 0 Å². The van der Waals surface area contributed by atoms with Crippen LogP contribution in [0.25, 0.3) is 16.8 Å². The average molecular weight is 245 g/mol. The Hall–Kier alpha value is -2.33. The predicted molar refractivity (Wildman–Crippen MR) is 79.9 cm³/mol. The maximum atomic E-state index is 9.37. The lowest BCUT2D eigenvalue weighted by atomic mass is 9.85. The third kappa shape index (κ3) is 1.86. The topological polar surface area (TPSA) is 23.8 Å². The summed E-state index contributed by atoms with van der Waals surface area (Å²) in [7, 11) is 0. The second-order valence-electron chi connectivity index (χ2n) is 4.90. The van der Waals surface area contributed by atoms with Crippen LogP contribution >= 0.6 is 0 Å². The highest BCUT2D eigenvalue weighted by Gasteiger charge is 2.17. The van der Waals surface area contributed by atoms with Gasteiger partial charge in [-0.1, -0.05) is 48.6 Å². The molecule has 3 rings (SSSR count). The third-order valence-corrected chi connectivity index (χ3v) is 3.76. The van der Waals surface area contributed by atoms with Crippen LogP contribution in [-0.2, 0) is 6.42 Å². The van der Waals surface area contributed by atoms with E-state index in [1.54, 1.807) is 0 Å². The summed E-state index contributed by atoms with van der Waals surface area (Å²) >= 11 is 0. The first-order valence-corrected chi connectivity index (χ1v) is 6.56. The molecule has 1 heteroatoms. The van der Waals surface area contributed by atoms with Crippen molar-refractivity contribution in [3.05, 3.63) is 65.8 Å². The molecule has 2 aromatic carbocycles. The van der Waals surface area contributed by atoms with E-state index in [0.717, 1.165) is 12.0 Å². The lowest BCUT2D eigenvalue weighted by Gasteiger charge is -2.18. The molecule has 0 aromatic heterocycles. The molecule has 0 saturated carbocycles. The van der Waals surface area contributed by atoms with Crippen molar-refractivity contribution in [3.8, 4) is 6.07 Å². The Labute approximate surface area is 113 Å². The van der Waals surface area contributed by atoms with Gasteiger partial charge in [0.1, 0.15) is 0 Å². The van der Waals surface area contributed by atoms with E-state index in [2.05, 4.69) is 55.1 Å². The van der Waals surface area contributed by atoms with Gasteiger partial charge in [-0.25, -0.2) is 0 Å². The molecule has 1 nitrogen and oxygen atoms in total. The van der Waals surface area contributed by atoms with Crippen molar-refractivity contribution in [1.29, 1.82) is 5.26 Å². The van der Waals surface area contributed by atoms with Gasteiger partial charge in [0.25, 0.3) is 0 Å². The molecule has 2 aromatic rings. The first-order valence-electron chi connectivity index (χ1n) is 6.56. The van der Waals surface area contributed by atoms with Gasteiger partial charge < -0.3 is 0 Å². The van der Waals surface area contributed by atoms with Crippen LogP contribution in [-0.4, -0.2) is 0 Å². The third-order valence-electron chi connectivity index (χ3n) is 3.76. The van der Waals surface area contributed by atoms with Gasteiger partial charge in [0, 0.05) is 0 Å². The number of nitrogens with zero attached hydrogens (tertiary/aromatic N) is 1. The molecule has 0 fully saturated rings. The van der Waals surface area contributed by atoms with E-state index in [9.17, 15) is 5.26 Å². The Bertz CT molecular complexity index is 716. The van der Waals surface area contributed by atoms with E-state index < -0.39 is 0 Å². The van der Waals surface area contributed by atoms with Gasteiger partial charge in [-0.2, -0.15) is 5.26 Å². The summed E-state index contributed by atoms with van der Waals surface area (Å²) in [6.45, 7) is 3.75. The lowest BCUT2D eigenvalue weighted by molar-refractivity contribution is 0.878. The predicted octanol–water partition coefficient (Wildman–Crippen LogP) is 4.59. The Morgan fingerprint density at radius 1 is 1.32 bits per heavy atom. The molecule has 0 amide bonds. The van der Waals surface area contributed by atoms with E-state index in [0.29, 0.717) is 6.42 Å². The summed E-state index contributed by atoms with van der Waals surface area (Å²) in [4.78, 5) is 0. The van der Waals surface area contributed by atoms with Crippen LogP contribution in [0.1, 0.15) is 29.0 Å². The molecule has 1 atom stereocenters. The second-order valence-corrected chi connectivity index (χ2v) is 4.90. The SMILES string of the molecule is C=CCC(C#N)c1ccc2cccc3c2c1C=CC3. The smallest absolute Gasteiger partial charge is 0.0753 e. The van der Waals surface area contributed by atoms with Gasteiger partial charge >= 0.3 is 0 Å². The minimum atomic E-state index is -0.104. The molecule has 19 heavy (non-hydrogen) atoms. The first-order chi connectivity index (χ1) is 9.35. The fourth-order valence-corrected chi connectivity index (χ4v) is 2.87. The van der Waals surface area contributed by atoms with E-state index >= 15 is 0 Å². The van der Waals surface area contributed by atoms with Crippen LogP contribution < -0.4 is 0 Å². The van der Waals surface area contributed by atoms with Gasteiger partial charge in [-0.05, 0) is 40.3 Å². The Balaban J connectivity index is 2.29. The number of allylic oxidation sites excluding steroid dienone is 2. The minimum absolute atomic E-state index is 0.104. The zero-order chi connectivity index (χ0) is 13.2. The molecule has 1 unspecified atom stereocenters. The lowest BCUT2D eigenvalue weighted by Crippen LogP contribution is -2.02. The first kappa shape index (κ1) is 11.7. The molecule has 92 valence electrons. The van der Waals surface area contributed by atoms with Gasteiger partial charge in [0.2, 0.25) is 0 Å². The number of nitriles is 1. The van der Waals surface area contributed by atoms with Crippen LogP contribution in [0, 0.1) is 11.3 Å². The van der Waals surface area contributed by atoms with Gasteiger partial charge in [0.15, 0.2) is 0 Å². The van der Waals surface area contributed by atoms with Crippen molar-refractivity contribution in [3.63, 3.8) is 0 Å². The summed E-state index contributed by atoms with van der Waals surface area (Å²) < 4.78 is 0. The number of benzene rings is 2. The Morgan fingerprint density at radius 2 is 2.21 bits per heavy atom. The maximum Gasteiger partial charge on any atom is 0.0753 e. The molecule has 0 radical (unpaired) electrons. The highest BCUT2D eigenvalue weighted by Crippen LogP contribution is 2.35. The van der Waals surface area contributed by atoms with Crippen LogP contribution in [0.15, 0.2) is 49.1 Å². The quantitative estimate of drug-likeness (QED) is 0.725. The fourth-order valence-electron chi connectivity index (χ4n) is 2.87. The van der Waals surface area contributed by atoms with E-state index in [1.807, 2.05) is 6.08 Å². The molecular weight excluding hydrogens is 230 g/mol. The van der Waals surface area contributed by atoms with Crippen LogP contribution in [0.5, 0.6) is 0 Å². The summed E-state index contributed by atoms with van der Waals surface area (Å²) in [5.41, 5.74) is 3.69. The fraction of sp³-hybridized carbons (Fsp3) is 0.167. The molecular formula is C18H15N. The number of rotatable bonds is 3. The largest absolute Gasteiger partial charge is 0.198 e. The zero-order valence-electron chi connectivity index (χ0n) is 10.8. The van der Waals surface area contributed by atoms with Crippen molar-refractivity contribution in [2.24, 2.45) is 0 Å². The van der Waals surface area contributed by atoms with Crippen molar-refractivity contribution in [2.45, 2.75) is 18.8 Å². The molecule has 0 bridgehead atoms. The Kier molecular flexibility index (Phi) is 2.93. The van der Waals surface area contributed by atoms with Gasteiger partial charge in [0.05, 0.1) is 12.0 Å². The number of hydrogen-bond acceptors (Lipinski definition) is 1. The molecule has 0 aliphatic heterocycles. The molecule has 1 aliphatic rings. The van der Waals surface area contributed by atoms with E-state index in [1.165, 1.54) is 21.9 Å². The van der Waals surface area contributed by atoms with Gasteiger partial charge in [-0.15, -0.1) is 6.58 Å². The highest BCUT2D eigenvalue weighted by atomic mass is 14.3. The monoisotopic (exact) mass is 245 g/mol. The molecule has 1 aliphatic carbocycles. The summed E-state index contributed by atoms with van der Waals surface area (Å²) in [5, 5.41) is 11.9. The minimum Gasteiger partial charge on any atom is -0.198 e. The van der Waals surface area contributed by atoms with Crippen LogP contribution in [0.3, 0.4) is 0 Å². The summed E-state index contributed by atoms with van der Waals surface area (Å²) in [6.07, 6.45) is 7.85. The van der Waals surface area contributed by atoms with E-state index in [-0.39, 0.29) is 5.92 Å². The molecule has 0 heterocycles. The zero-order valence-corrected chi connectivity index (χ0v) is 10.8. The summed E-state index contributed by atoms with van der Waals surface area (Å²) in [6, 6.07) is 13.0. The standard InChI is InChI=1S/C18H15N/c1-2-5-15(12-19)16-11-10-14-7-3-6-13-8-4-9-17(16)18(13)14/h2-4,6-7,9-11,15H,1,5,8H2.